The van der Waals surface area contributed by atoms with Crippen LogP contribution in [0.2, 0.25) is 0 Å². The van der Waals surface area contributed by atoms with Crippen LogP contribution < -0.4 is 0 Å². The molecule has 1 aromatic rings. The van der Waals surface area contributed by atoms with E-state index in [2.05, 4.69) is 4.98 Å². The summed E-state index contributed by atoms with van der Waals surface area (Å²) in [6, 6.07) is 3.24. The fourth-order valence-electron chi connectivity index (χ4n) is 1.55. The van der Waals surface area contributed by atoms with Crippen molar-refractivity contribution in [2.45, 2.75) is 13.3 Å². The van der Waals surface area contributed by atoms with Crippen LogP contribution in [0.4, 0.5) is 0 Å². The maximum atomic E-state index is 12.3. The average Bonchev–Trinajstić information content (AvgIpc) is 2.38. The minimum atomic E-state index is -0.405. The summed E-state index contributed by atoms with van der Waals surface area (Å²) < 4.78 is 4.88. The Hall–Kier alpha value is -2.17. The Morgan fingerprint density at radius 2 is 1.95 bits per heavy atom. The van der Waals surface area contributed by atoms with Crippen molar-refractivity contribution >= 4 is 11.8 Å². The van der Waals surface area contributed by atoms with Gasteiger partial charge in [-0.1, -0.05) is 0 Å². The number of esters is 1. The second-order valence-corrected chi connectivity index (χ2v) is 4.16. The first kappa shape index (κ1) is 14.9. The van der Waals surface area contributed by atoms with E-state index in [1.165, 1.54) is 0 Å². The Morgan fingerprint density at radius 3 is 2.47 bits per heavy atom. The molecular formula is C14H18N2O3. The van der Waals surface area contributed by atoms with Gasteiger partial charge in [0.1, 0.15) is 0 Å². The van der Waals surface area contributed by atoms with Crippen molar-refractivity contribution in [3.8, 4) is 0 Å². The van der Waals surface area contributed by atoms with Crippen molar-refractivity contribution in [1.29, 1.82) is 0 Å². The highest BCUT2D eigenvalue weighted by Gasteiger charge is 2.16. The summed E-state index contributed by atoms with van der Waals surface area (Å²) in [7, 11) is 3.59. The third kappa shape index (κ3) is 4.91. The van der Waals surface area contributed by atoms with E-state index in [0.717, 1.165) is 0 Å². The summed E-state index contributed by atoms with van der Waals surface area (Å²) in [5, 5.41) is 0. The van der Waals surface area contributed by atoms with Crippen molar-refractivity contribution in [2.75, 3.05) is 20.7 Å². The fourth-order valence-corrected chi connectivity index (χ4v) is 1.55. The maximum Gasteiger partial charge on any atom is 0.310 e. The van der Waals surface area contributed by atoms with Gasteiger partial charge in [-0.25, -0.2) is 0 Å². The van der Waals surface area contributed by atoms with Gasteiger partial charge >= 0.3 is 5.97 Å². The van der Waals surface area contributed by atoms with Gasteiger partial charge in [-0.15, -0.1) is 0 Å². The van der Waals surface area contributed by atoms with E-state index in [9.17, 15) is 9.59 Å². The molecule has 1 heterocycles. The summed E-state index contributed by atoms with van der Waals surface area (Å²) in [5.74, 6) is -0.595. The molecule has 0 aliphatic carbocycles. The predicted molar refractivity (Wildman–Crippen MR) is 71.6 cm³/mol. The summed E-state index contributed by atoms with van der Waals surface area (Å²) in [4.78, 5) is 29.4. The third-order valence-electron chi connectivity index (χ3n) is 2.29. The highest BCUT2D eigenvalue weighted by atomic mass is 16.5. The second-order valence-electron chi connectivity index (χ2n) is 4.16. The topological polar surface area (TPSA) is 59.5 Å². The lowest BCUT2D eigenvalue weighted by molar-refractivity contribution is -0.142. The van der Waals surface area contributed by atoms with Crippen molar-refractivity contribution in [2.24, 2.45) is 0 Å². The lowest BCUT2D eigenvalue weighted by Crippen LogP contribution is -2.15. The predicted octanol–water partition coefficient (Wildman–Crippen LogP) is 1.66. The molecule has 0 aliphatic heterocycles. The maximum absolute atomic E-state index is 12.3. The molecule has 19 heavy (non-hydrogen) atoms. The SMILES string of the molecule is CCOC(=O)CC(=CN(C)C)C(=O)c1ccncc1. The molecule has 0 amide bonds. The molecule has 0 atom stereocenters. The number of rotatable bonds is 6. The van der Waals surface area contributed by atoms with Gasteiger partial charge in [-0.05, 0) is 19.1 Å². The van der Waals surface area contributed by atoms with E-state index in [4.69, 9.17) is 4.74 Å². The monoisotopic (exact) mass is 262 g/mol. The molecule has 1 aromatic heterocycles. The van der Waals surface area contributed by atoms with Crippen LogP contribution in [0.25, 0.3) is 0 Å². The van der Waals surface area contributed by atoms with Crippen molar-refractivity contribution in [3.63, 3.8) is 0 Å². The summed E-state index contributed by atoms with van der Waals surface area (Å²) >= 11 is 0. The van der Waals surface area contributed by atoms with Crippen LogP contribution in [0.1, 0.15) is 23.7 Å². The molecule has 0 radical (unpaired) electrons. The first-order valence-corrected chi connectivity index (χ1v) is 6.02. The van der Waals surface area contributed by atoms with Gasteiger partial charge in [0.05, 0.1) is 13.0 Å². The molecule has 102 valence electrons. The number of hydrogen-bond donors (Lipinski definition) is 0. The van der Waals surface area contributed by atoms with Crippen LogP contribution in [-0.2, 0) is 9.53 Å². The van der Waals surface area contributed by atoms with Gasteiger partial charge in [0.2, 0.25) is 0 Å². The fraction of sp³-hybridized carbons (Fsp3) is 0.357. The zero-order valence-corrected chi connectivity index (χ0v) is 11.4. The van der Waals surface area contributed by atoms with Crippen LogP contribution in [-0.4, -0.2) is 42.3 Å². The number of Topliss-reactive ketones (excluding diaryl/α,β-unsaturated/α-hetero) is 1. The Bertz CT molecular complexity index is 467. The number of aromatic nitrogens is 1. The van der Waals surface area contributed by atoms with Gasteiger partial charge < -0.3 is 9.64 Å². The van der Waals surface area contributed by atoms with E-state index >= 15 is 0 Å². The van der Waals surface area contributed by atoms with Crippen molar-refractivity contribution in [1.82, 2.24) is 9.88 Å². The summed E-state index contributed by atoms with van der Waals surface area (Å²) in [5.41, 5.74) is 0.905. The Kier molecular flexibility index (Phi) is 5.73. The Morgan fingerprint density at radius 1 is 1.32 bits per heavy atom. The van der Waals surface area contributed by atoms with Gasteiger partial charge in [0.15, 0.2) is 5.78 Å². The molecule has 0 N–H and O–H groups in total. The summed E-state index contributed by atoms with van der Waals surface area (Å²) in [6.07, 6.45) is 4.70. The Balaban J connectivity index is 2.92. The van der Waals surface area contributed by atoms with Crippen LogP contribution in [0.3, 0.4) is 0 Å². The molecule has 0 saturated heterocycles. The number of nitrogens with zero attached hydrogens (tertiary/aromatic N) is 2. The molecule has 0 fully saturated rings. The number of carbonyl (C=O) groups excluding carboxylic acids is 2. The summed E-state index contributed by atoms with van der Waals surface area (Å²) in [6.45, 7) is 2.04. The molecular weight excluding hydrogens is 244 g/mol. The first-order valence-electron chi connectivity index (χ1n) is 6.02. The molecule has 0 saturated carbocycles. The van der Waals surface area contributed by atoms with E-state index in [1.54, 1.807) is 56.6 Å². The zero-order chi connectivity index (χ0) is 14.3. The molecule has 0 aromatic carbocycles. The molecule has 5 heteroatoms. The zero-order valence-electron chi connectivity index (χ0n) is 11.4. The van der Waals surface area contributed by atoms with E-state index in [1.807, 2.05) is 0 Å². The molecule has 5 nitrogen and oxygen atoms in total. The lowest BCUT2D eigenvalue weighted by atomic mass is 10.0. The second kappa shape index (κ2) is 7.31. The minimum Gasteiger partial charge on any atom is -0.466 e. The Labute approximate surface area is 112 Å². The molecule has 0 aliphatic rings. The van der Waals surface area contributed by atoms with E-state index < -0.39 is 5.97 Å². The number of hydrogen-bond acceptors (Lipinski definition) is 5. The molecule has 1 rings (SSSR count). The number of ether oxygens (including phenoxy) is 1. The van der Waals surface area contributed by atoms with Gasteiger partial charge in [-0.3, -0.25) is 14.6 Å². The average molecular weight is 262 g/mol. The largest absolute Gasteiger partial charge is 0.466 e. The highest BCUT2D eigenvalue weighted by Crippen LogP contribution is 2.12. The van der Waals surface area contributed by atoms with Crippen LogP contribution in [0, 0.1) is 0 Å². The normalized spacial score (nSPS) is 11.0. The van der Waals surface area contributed by atoms with Gasteiger partial charge in [0, 0.05) is 43.8 Å². The minimum absolute atomic E-state index is 0.0345. The van der Waals surface area contributed by atoms with Gasteiger partial charge in [0.25, 0.3) is 0 Å². The standard InChI is InChI=1S/C14H18N2O3/c1-4-19-13(17)9-12(10-16(2)3)14(18)11-5-7-15-8-6-11/h5-8,10H,4,9H2,1-3H3. The van der Waals surface area contributed by atoms with Crippen LogP contribution in [0.15, 0.2) is 36.3 Å². The molecule has 0 unspecified atom stereocenters. The third-order valence-corrected chi connectivity index (χ3v) is 2.29. The molecule has 0 bridgehead atoms. The van der Waals surface area contributed by atoms with Crippen molar-refractivity contribution in [3.05, 3.63) is 41.9 Å². The van der Waals surface area contributed by atoms with Crippen molar-refractivity contribution < 1.29 is 14.3 Å². The highest BCUT2D eigenvalue weighted by molar-refractivity contribution is 6.10. The van der Waals surface area contributed by atoms with Gasteiger partial charge in [-0.2, -0.15) is 0 Å². The number of carbonyl (C=O) groups is 2. The van der Waals surface area contributed by atoms with Crippen LogP contribution >= 0.6 is 0 Å². The first-order chi connectivity index (χ1) is 9.04. The lowest BCUT2D eigenvalue weighted by Gasteiger charge is -2.11. The number of pyridine rings is 1. The van der Waals surface area contributed by atoms with Crippen LogP contribution in [0.5, 0.6) is 0 Å². The van der Waals surface area contributed by atoms with E-state index in [0.29, 0.717) is 17.7 Å². The quantitative estimate of drug-likeness (QED) is 0.443. The van der Waals surface area contributed by atoms with E-state index in [-0.39, 0.29) is 12.2 Å². The number of ketones is 1. The molecule has 0 spiro atoms. The smallest absolute Gasteiger partial charge is 0.310 e.